The molecule has 0 radical (unpaired) electrons. The molecule has 0 spiro atoms. The number of H-pyrrole nitrogens is 1. The molecule has 2 fully saturated rings. The number of likely N-dealkylation sites (tertiary alicyclic amines) is 1. The van der Waals surface area contributed by atoms with E-state index in [2.05, 4.69) is 9.88 Å². The maximum absolute atomic E-state index is 12.9. The van der Waals surface area contributed by atoms with Crippen molar-refractivity contribution in [2.45, 2.75) is 45.3 Å². The number of halogens is 1. The molecular formula is C25H29ClN4O3. The van der Waals surface area contributed by atoms with Crippen molar-refractivity contribution in [1.82, 2.24) is 9.88 Å². The van der Waals surface area contributed by atoms with E-state index in [0.29, 0.717) is 35.1 Å². The Morgan fingerprint density at radius 1 is 1.21 bits per heavy atom. The fourth-order valence-corrected chi connectivity index (χ4v) is 5.71. The van der Waals surface area contributed by atoms with E-state index in [1.807, 2.05) is 49.9 Å². The average molecular weight is 469 g/mol. The maximum Gasteiger partial charge on any atom is 0.410 e. The zero-order valence-electron chi connectivity index (χ0n) is 19.2. The average Bonchev–Trinajstić information content (AvgIpc) is 3.33. The molecule has 2 saturated heterocycles. The van der Waals surface area contributed by atoms with Gasteiger partial charge in [0.2, 0.25) is 0 Å². The predicted molar refractivity (Wildman–Crippen MR) is 131 cm³/mol. The van der Waals surface area contributed by atoms with Crippen LogP contribution >= 0.6 is 11.6 Å². The number of hydrogen-bond donors (Lipinski definition) is 2. The Morgan fingerprint density at radius 3 is 2.70 bits per heavy atom. The molecular weight excluding hydrogens is 440 g/mol. The number of para-hydroxylation sites is 1. The molecule has 0 bridgehead atoms. The van der Waals surface area contributed by atoms with Gasteiger partial charge in [-0.25, -0.2) is 4.79 Å². The SMILES string of the molecule is CC(C)(C)OC(=O)N1CCCC2CN(c3c(Cl)cc(C(N)=O)c4[nH]c5ccccc5c34)CC21. The lowest BCUT2D eigenvalue weighted by Crippen LogP contribution is -2.50. The quantitative estimate of drug-likeness (QED) is 0.559. The number of nitrogens with one attached hydrogen (secondary N) is 1. The van der Waals surface area contributed by atoms with Crippen molar-refractivity contribution in [1.29, 1.82) is 0 Å². The number of amides is 2. The zero-order valence-corrected chi connectivity index (χ0v) is 19.9. The summed E-state index contributed by atoms with van der Waals surface area (Å²) in [6, 6.07) is 9.64. The van der Waals surface area contributed by atoms with Gasteiger partial charge in [0, 0.05) is 35.9 Å². The smallest absolute Gasteiger partial charge is 0.410 e. The van der Waals surface area contributed by atoms with E-state index in [1.165, 1.54) is 0 Å². The first-order chi connectivity index (χ1) is 15.6. The van der Waals surface area contributed by atoms with Crippen LogP contribution in [0.5, 0.6) is 0 Å². The van der Waals surface area contributed by atoms with Crippen LogP contribution in [0.1, 0.15) is 44.0 Å². The highest BCUT2D eigenvalue weighted by molar-refractivity contribution is 6.37. The number of rotatable bonds is 2. The minimum Gasteiger partial charge on any atom is -0.444 e. The fraction of sp³-hybridized carbons (Fsp3) is 0.440. The second-order valence-electron chi connectivity index (χ2n) is 10.1. The molecule has 3 heterocycles. The predicted octanol–water partition coefficient (Wildman–Crippen LogP) is 4.91. The van der Waals surface area contributed by atoms with Crippen LogP contribution in [0.2, 0.25) is 5.02 Å². The van der Waals surface area contributed by atoms with E-state index < -0.39 is 11.5 Å². The number of primary amides is 1. The molecule has 2 unspecified atom stereocenters. The Labute approximate surface area is 197 Å². The van der Waals surface area contributed by atoms with Gasteiger partial charge in [0.15, 0.2) is 0 Å². The first-order valence-electron chi connectivity index (χ1n) is 11.4. The van der Waals surface area contributed by atoms with Gasteiger partial charge in [0.05, 0.1) is 27.8 Å². The summed E-state index contributed by atoms with van der Waals surface area (Å²) in [4.78, 5) is 32.6. The molecule has 33 heavy (non-hydrogen) atoms. The van der Waals surface area contributed by atoms with E-state index >= 15 is 0 Å². The highest BCUT2D eigenvalue weighted by atomic mass is 35.5. The molecule has 3 aromatic rings. The number of carbonyl (C=O) groups excluding carboxylic acids is 2. The molecule has 1 aromatic heterocycles. The van der Waals surface area contributed by atoms with Gasteiger partial charge in [-0.2, -0.15) is 0 Å². The molecule has 5 rings (SSSR count). The fourth-order valence-electron chi connectivity index (χ4n) is 5.39. The third-order valence-corrected chi connectivity index (χ3v) is 6.99. The van der Waals surface area contributed by atoms with Crippen LogP contribution in [-0.4, -0.2) is 53.2 Å². The number of nitrogens with zero attached hydrogens (tertiary/aromatic N) is 2. The van der Waals surface area contributed by atoms with Crippen molar-refractivity contribution < 1.29 is 14.3 Å². The minimum atomic E-state index is -0.535. The highest BCUT2D eigenvalue weighted by Crippen LogP contribution is 2.44. The summed E-state index contributed by atoms with van der Waals surface area (Å²) in [6.07, 6.45) is 1.74. The van der Waals surface area contributed by atoms with Crippen LogP contribution in [0.15, 0.2) is 30.3 Å². The van der Waals surface area contributed by atoms with Gasteiger partial charge in [-0.1, -0.05) is 29.8 Å². The zero-order chi connectivity index (χ0) is 23.5. The number of aromatic amines is 1. The second-order valence-corrected chi connectivity index (χ2v) is 10.5. The van der Waals surface area contributed by atoms with Crippen LogP contribution in [-0.2, 0) is 4.74 Å². The van der Waals surface area contributed by atoms with Crippen LogP contribution in [0, 0.1) is 5.92 Å². The summed E-state index contributed by atoms with van der Waals surface area (Å²) in [5, 5.41) is 2.38. The maximum atomic E-state index is 12.9. The van der Waals surface area contributed by atoms with E-state index in [9.17, 15) is 9.59 Å². The number of fused-ring (bicyclic) bond motifs is 4. The largest absolute Gasteiger partial charge is 0.444 e. The molecule has 2 aliphatic rings. The van der Waals surface area contributed by atoms with Crippen LogP contribution in [0.3, 0.4) is 0 Å². The van der Waals surface area contributed by atoms with Gasteiger partial charge in [0.1, 0.15) is 5.60 Å². The van der Waals surface area contributed by atoms with Crippen LogP contribution < -0.4 is 10.6 Å². The van der Waals surface area contributed by atoms with Gasteiger partial charge in [-0.15, -0.1) is 0 Å². The van der Waals surface area contributed by atoms with Crippen molar-refractivity contribution in [3.63, 3.8) is 0 Å². The van der Waals surface area contributed by atoms with Crippen LogP contribution in [0.25, 0.3) is 21.8 Å². The van der Waals surface area contributed by atoms with Gasteiger partial charge >= 0.3 is 6.09 Å². The number of carbonyl (C=O) groups is 2. The van der Waals surface area contributed by atoms with Crippen LogP contribution in [0.4, 0.5) is 10.5 Å². The van der Waals surface area contributed by atoms with Gasteiger partial charge in [-0.05, 0) is 51.7 Å². The summed E-state index contributed by atoms with van der Waals surface area (Å²) in [5.41, 5.74) is 8.02. The van der Waals surface area contributed by atoms with Crippen molar-refractivity contribution >= 4 is 51.1 Å². The molecule has 0 saturated carbocycles. The lowest BCUT2D eigenvalue weighted by molar-refractivity contribution is 0.00669. The Balaban J connectivity index is 1.58. The Hall–Kier alpha value is -2.93. The number of hydrogen-bond acceptors (Lipinski definition) is 4. The number of benzene rings is 2. The van der Waals surface area contributed by atoms with Crippen molar-refractivity contribution in [2.75, 3.05) is 24.5 Å². The third-order valence-electron chi connectivity index (χ3n) is 6.70. The third kappa shape index (κ3) is 3.78. The first-order valence-corrected chi connectivity index (χ1v) is 11.8. The number of nitrogens with two attached hydrogens (primary N) is 1. The Bertz CT molecular complexity index is 1260. The molecule has 2 aliphatic heterocycles. The Morgan fingerprint density at radius 2 is 1.97 bits per heavy atom. The van der Waals surface area contributed by atoms with Crippen molar-refractivity contribution in [3.05, 3.63) is 40.9 Å². The molecule has 2 amide bonds. The summed E-state index contributed by atoms with van der Waals surface area (Å²) < 4.78 is 5.69. The highest BCUT2D eigenvalue weighted by Gasteiger charge is 2.43. The van der Waals surface area contributed by atoms with Crippen molar-refractivity contribution in [2.24, 2.45) is 11.7 Å². The topological polar surface area (TPSA) is 91.7 Å². The summed E-state index contributed by atoms with van der Waals surface area (Å²) in [5.74, 6) is -0.190. The summed E-state index contributed by atoms with van der Waals surface area (Å²) in [6.45, 7) is 7.81. The molecule has 2 atom stereocenters. The molecule has 0 aliphatic carbocycles. The summed E-state index contributed by atoms with van der Waals surface area (Å²) >= 11 is 6.80. The lowest BCUT2D eigenvalue weighted by Gasteiger charge is -2.37. The van der Waals surface area contributed by atoms with Gasteiger partial charge in [-0.3, -0.25) is 4.79 Å². The normalized spacial score (nSPS) is 21.0. The molecule has 3 N–H and O–H groups in total. The van der Waals surface area contributed by atoms with E-state index in [0.717, 1.165) is 41.4 Å². The number of piperidine rings is 1. The standard InChI is InChI=1S/C25H29ClN4O3/c1-25(2,3)33-24(32)30-10-6-7-14-12-29(13-19(14)30)22-17(26)11-16(23(27)31)21-20(22)15-8-4-5-9-18(15)28-21/h4-5,8-9,11,14,19,28H,6-7,10,12-13H2,1-3H3,(H2,27,31). The number of aromatic nitrogens is 1. The second kappa shape index (κ2) is 7.83. The Kier molecular flexibility index (Phi) is 5.20. The van der Waals surface area contributed by atoms with Crippen molar-refractivity contribution in [3.8, 4) is 0 Å². The van der Waals surface area contributed by atoms with Gasteiger partial charge < -0.3 is 25.3 Å². The molecule has 8 heteroatoms. The molecule has 7 nitrogen and oxygen atoms in total. The monoisotopic (exact) mass is 468 g/mol. The van der Waals surface area contributed by atoms with Gasteiger partial charge in [0.25, 0.3) is 5.91 Å². The first kappa shape index (κ1) is 21.9. The van der Waals surface area contributed by atoms with E-state index in [-0.39, 0.29) is 12.1 Å². The minimum absolute atomic E-state index is 0.0562. The molecule has 2 aromatic carbocycles. The van der Waals surface area contributed by atoms with E-state index in [4.69, 9.17) is 22.1 Å². The lowest BCUT2D eigenvalue weighted by atomic mass is 9.92. The van der Waals surface area contributed by atoms with E-state index in [1.54, 1.807) is 6.07 Å². The molecule has 174 valence electrons. The summed E-state index contributed by atoms with van der Waals surface area (Å²) in [7, 11) is 0. The number of ether oxygens (including phenoxy) is 1. The number of anilines is 1.